The van der Waals surface area contributed by atoms with Crippen molar-refractivity contribution in [1.29, 1.82) is 0 Å². The first kappa shape index (κ1) is 33.8. The fraction of sp³-hybridized carbons (Fsp3) is 0.0263. The van der Waals surface area contributed by atoms with Crippen LogP contribution >= 0.6 is 15.8 Å². The van der Waals surface area contributed by atoms with Gasteiger partial charge < -0.3 is 5.11 Å². The molecular formula is C38H34O2P2Rh. The summed E-state index contributed by atoms with van der Waals surface area (Å²) in [5.41, 5.74) is 0. The minimum absolute atomic E-state index is 0. The van der Waals surface area contributed by atoms with E-state index in [-0.39, 0.29) is 19.5 Å². The Kier molecular flexibility index (Phi) is 14.7. The van der Waals surface area contributed by atoms with E-state index in [1.54, 1.807) is 0 Å². The summed E-state index contributed by atoms with van der Waals surface area (Å²) in [5, 5.41) is 15.8. The molecule has 0 spiro atoms. The Morgan fingerprint density at radius 1 is 0.372 bits per heavy atom. The van der Waals surface area contributed by atoms with Crippen molar-refractivity contribution in [2.24, 2.45) is 0 Å². The largest absolute Gasteiger partial charge is 0.481 e. The van der Waals surface area contributed by atoms with Crippen molar-refractivity contribution in [3.05, 3.63) is 182 Å². The molecule has 6 rings (SSSR count). The van der Waals surface area contributed by atoms with Crippen LogP contribution in [0.4, 0.5) is 0 Å². The van der Waals surface area contributed by atoms with Gasteiger partial charge in [0.1, 0.15) is 0 Å². The van der Waals surface area contributed by atoms with Crippen LogP contribution in [0.15, 0.2) is 182 Å². The zero-order valence-electron chi connectivity index (χ0n) is 23.9. The van der Waals surface area contributed by atoms with Crippen LogP contribution in [-0.4, -0.2) is 11.1 Å². The molecule has 0 amide bonds. The number of aliphatic carboxylic acids is 1. The van der Waals surface area contributed by atoms with E-state index in [0.29, 0.717) is 0 Å². The number of rotatable bonds is 6. The smallest absolute Gasteiger partial charge is 0.300 e. The molecule has 0 aliphatic carbocycles. The van der Waals surface area contributed by atoms with Gasteiger partial charge in [-0.15, -0.1) is 0 Å². The Labute approximate surface area is 270 Å². The zero-order chi connectivity index (χ0) is 29.4. The number of hydrogen-bond donors (Lipinski definition) is 1. The average molecular weight is 688 g/mol. The van der Waals surface area contributed by atoms with Crippen LogP contribution in [0.2, 0.25) is 0 Å². The molecule has 0 unspecified atom stereocenters. The molecule has 217 valence electrons. The van der Waals surface area contributed by atoms with Gasteiger partial charge in [0.25, 0.3) is 5.97 Å². The summed E-state index contributed by atoms with van der Waals surface area (Å²) in [6.07, 6.45) is 0. The minimum Gasteiger partial charge on any atom is -0.481 e. The van der Waals surface area contributed by atoms with E-state index in [0.717, 1.165) is 6.92 Å². The van der Waals surface area contributed by atoms with E-state index in [9.17, 15) is 0 Å². The van der Waals surface area contributed by atoms with Gasteiger partial charge in [0.15, 0.2) is 0 Å². The Hall–Kier alpha value is -3.73. The van der Waals surface area contributed by atoms with E-state index >= 15 is 0 Å². The first-order valence-corrected chi connectivity index (χ1v) is 16.4. The number of benzene rings is 6. The Bertz CT molecular complexity index is 1280. The molecule has 0 saturated carbocycles. The van der Waals surface area contributed by atoms with Gasteiger partial charge in [-0.05, 0) is 47.7 Å². The second-order valence-electron chi connectivity index (χ2n) is 9.20. The molecule has 6 aromatic rings. The van der Waals surface area contributed by atoms with Crippen LogP contribution in [0.1, 0.15) is 6.92 Å². The third-order valence-electron chi connectivity index (χ3n) is 6.09. The molecule has 0 aliphatic heterocycles. The van der Waals surface area contributed by atoms with Crippen molar-refractivity contribution >= 4 is 53.6 Å². The van der Waals surface area contributed by atoms with Crippen molar-refractivity contribution in [1.82, 2.24) is 0 Å². The molecule has 6 aromatic carbocycles. The topological polar surface area (TPSA) is 37.3 Å². The van der Waals surface area contributed by atoms with Crippen LogP contribution in [0, 0.1) is 0 Å². The van der Waals surface area contributed by atoms with Gasteiger partial charge in [-0.25, -0.2) is 0 Å². The number of carboxylic acid groups (broad SMARTS) is 1. The van der Waals surface area contributed by atoms with E-state index in [4.69, 9.17) is 9.90 Å². The fourth-order valence-electron chi connectivity index (χ4n) is 4.36. The van der Waals surface area contributed by atoms with E-state index in [2.05, 4.69) is 182 Å². The number of carbonyl (C=O) groups is 1. The maximum atomic E-state index is 9.00. The maximum absolute atomic E-state index is 9.00. The summed E-state index contributed by atoms with van der Waals surface area (Å²) in [7, 11) is -0.892. The summed E-state index contributed by atoms with van der Waals surface area (Å²) in [5.74, 6) is -0.833. The Balaban J connectivity index is 0.000000206. The molecule has 0 aromatic heterocycles. The number of hydrogen-bond acceptors (Lipinski definition) is 1. The zero-order valence-corrected chi connectivity index (χ0v) is 27.3. The third-order valence-corrected chi connectivity index (χ3v) is 11.0. The van der Waals surface area contributed by atoms with Gasteiger partial charge in [0.2, 0.25) is 0 Å². The second-order valence-corrected chi connectivity index (χ2v) is 13.6. The van der Waals surface area contributed by atoms with E-state index in [1.807, 2.05) is 0 Å². The second kappa shape index (κ2) is 18.7. The minimum atomic E-state index is -0.833. The molecule has 0 aliphatic rings. The molecule has 0 saturated heterocycles. The first-order chi connectivity index (χ1) is 20.6. The van der Waals surface area contributed by atoms with Crippen LogP contribution in [0.25, 0.3) is 0 Å². The predicted molar refractivity (Wildman–Crippen MR) is 184 cm³/mol. The molecule has 0 heterocycles. The normalized spacial score (nSPS) is 9.93. The van der Waals surface area contributed by atoms with Crippen LogP contribution < -0.4 is 31.8 Å². The summed E-state index contributed by atoms with van der Waals surface area (Å²) in [6, 6.07) is 64.7. The first-order valence-electron chi connectivity index (χ1n) is 13.7. The average Bonchev–Trinajstić information content (AvgIpc) is 3.05. The molecule has 1 N–H and O–H groups in total. The Morgan fingerprint density at radius 2 is 0.488 bits per heavy atom. The molecule has 1 radical (unpaired) electrons. The van der Waals surface area contributed by atoms with Gasteiger partial charge in [-0.1, -0.05) is 182 Å². The Morgan fingerprint density at radius 3 is 0.605 bits per heavy atom. The van der Waals surface area contributed by atoms with Crippen molar-refractivity contribution in [2.45, 2.75) is 6.92 Å². The molecule has 0 atom stereocenters. The van der Waals surface area contributed by atoms with E-state index in [1.165, 1.54) is 31.8 Å². The summed E-state index contributed by atoms with van der Waals surface area (Å²) in [6.45, 7) is 1.08. The molecule has 5 heteroatoms. The predicted octanol–water partition coefficient (Wildman–Crippen LogP) is 6.98. The fourth-order valence-corrected chi connectivity index (χ4v) is 8.97. The maximum Gasteiger partial charge on any atom is 0.300 e. The van der Waals surface area contributed by atoms with E-state index < -0.39 is 21.8 Å². The van der Waals surface area contributed by atoms with Crippen molar-refractivity contribution in [2.75, 3.05) is 0 Å². The summed E-state index contributed by atoms with van der Waals surface area (Å²) in [4.78, 5) is 9.00. The third kappa shape index (κ3) is 10.8. The van der Waals surface area contributed by atoms with Gasteiger partial charge >= 0.3 is 0 Å². The summed E-state index contributed by atoms with van der Waals surface area (Å²) < 4.78 is 0. The van der Waals surface area contributed by atoms with Crippen molar-refractivity contribution in [3.63, 3.8) is 0 Å². The van der Waals surface area contributed by atoms with Gasteiger partial charge in [-0.3, -0.25) is 4.79 Å². The quantitative estimate of drug-likeness (QED) is 0.152. The summed E-state index contributed by atoms with van der Waals surface area (Å²) >= 11 is 0. The molecule has 0 fully saturated rings. The SMILES string of the molecule is CC(=O)O.[Rh].c1ccc(P(c2ccccc2)c2ccccc2)cc1.c1ccc(P(c2ccccc2)c2ccccc2)cc1. The molecule has 2 nitrogen and oxygen atoms in total. The van der Waals surface area contributed by atoms with Crippen LogP contribution in [0.3, 0.4) is 0 Å². The number of carboxylic acids is 1. The molecule has 43 heavy (non-hydrogen) atoms. The van der Waals surface area contributed by atoms with Gasteiger partial charge in [0, 0.05) is 26.4 Å². The van der Waals surface area contributed by atoms with Crippen LogP contribution in [0.5, 0.6) is 0 Å². The monoisotopic (exact) mass is 687 g/mol. The van der Waals surface area contributed by atoms with Crippen molar-refractivity contribution in [3.8, 4) is 0 Å². The molecular weight excluding hydrogens is 653 g/mol. The van der Waals surface area contributed by atoms with Crippen LogP contribution in [-0.2, 0) is 24.3 Å². The molecule has 0 bridgehead atoms. The van der Waals surface area contributed by atoms with Gasteiger partial charge in [0.05, 0.1) is 0 Å². The van der Waals surface area contributed by atoms with Gasteiger partial charge in [-0.2, -0.15) is 0 Å². The van der Waals surface area contributed by atoms with Crippen molar-refractivity contribution < 1.29 is 29.4 Å². The standard InChI is InChI=1S/2C18H15P.C2H4O2.Rh/c2*1-4-10-16(11-5-1)19(17-12-6-2-7-13-17)18-14-8-3-9-15-18;1-2(3)4;/h2*1-15H;1H3,(H,3,4);.